The zero-order valence-electron chi connectivity index (χ0n) is 11.7. The normalized spacial score (nSPS) is 19.4. The summed E-state index contributed by atoms with van der Waals surface area (Å²) in [7, 11) is -3.30. The van der Waals surface area contributed by atoms with Crippen LogP contribution in [0.3, 0.4) is 0 Å². The average Bonchev–Trinajstić information content (AvgIpc) is 2.40. The smallest absolute Gasteiger partial charge is 0.232 e. The van der Waals surface area contributed by atoms with Crippen LogP contribution in [0.25, 0.3) is 5.57 Å². The zero-order valence-corrected chi connectivity index (χ0v) is 12.5. The first-order valence-electron chi connectivity index (χ1n) is 6.27. The summed E-state index contributed by atoms with van der Waals surface area (Å²) in [5.74, 6) is 0. The third-order valence-corrected chi connectivity index (χ3v) is 4.64. The maximum absolute atomic E-state index is 11.8. The zero-order chi connectivity index (χ0) is 14.9. The van der Waals surface area contributed by atoms with Crippen molar-refractivity contribution in [1.29, 1.82) is 0 Å². The van der Waals surface area contributed by atoms with Gasteiger partial charge in [-0.25, -0.2) is 8.42 Å². The predicted molar refractivity (Wildman–Crippen MR) is 79.7 cm³/mol. The maximum Gasteiger partial charge on any atom is 0.232 e. The summed E-state index contributed by atoms with van der Waals surface area (Å²) < 4.78 is 25.0. The largest absolute Gasteiger partial charge is 0.298 e. The lowest BCUT2D eigenvalue weighted by Gasteiger charge is -2.30. The minimum absolute atomic E-state index is 0.178. The van der Waals surface area contributed by atoms with Gasteiger partial charge in [0.05, 0.1) is 12.3 Å². The predicted octanol–water partition coefficient (Wildman–Crippen LogP) is 2.45. The van der Waals surface area contributed by atoms with E-state index in [1.807, 2.05) is 32.1 Å². The number of sulfonamides is 1. The summed E-state index contributed by atoms with van der Waals surface area (Å²) in [5, 5.41) is 0. The van der Waals surface area contributed by atoms with Crippen molar-refractivity contribution in [2.45, 2.75) is 19.9 Å². The number of carbonyl (C=O) groups is 1. The van der Waals surface area contributed by atoms with Crippen LogP contribution in [0.2, 0.25) is 0 Å². The molecule has 0 aromatic heterocycles. The van der Waals surface area contributed by atoms with Gasteiger partial charge < -0.3 is 0 Å². The molecule has 1 aliphatic rings. The van der Waals surface area contributed by atoms with Crippen LogP contribution in [0, 0.1) is 0 Å². The number of hydrogen-bond donors (Lipinski definition) is 0. The Bertz CT molecular complexity index is 684. The molecule has 0 amide bonds. The molecule has 1 unspecified atom stereocenters. The molecule has 1 aromatic rings. The van der Waals surface area contributed by atoms with E-state index < -0.39 is 10.0 Å². The van der Waals surface area contributed by atoms with Gasteiger partial charge in [0.15, 0.2) is 0 Å². The molecule has 0 saturated heterocycles. The topological polar surface area (TPSA) is 54.5 Å². The highest BCUT2D eigenvalue weighted by atomic mass is 32.2. The van der Waals surface area contributed by atoms with Crippen LogP contribution < -0.4 is 0 Å². The second kappa shape index (κ2) is 5.25. The minimum atomic E-state index is -3.30. The third-order valence-electron chi connectivity index (χ3n) is 3.45. The molecule has 0 N–H and O–H groups in total. The van der Waals surface area contributed by atoms with Crippen molar-refractivity contribution in [2.75, 3.05) is 6.26 Å². The Labute approximate surface area is 119 Å². The van der Waals surface area contributed by atoms with Gasteiger partial charge in [0.2, 0.25) is 10.0 Å². The fraction of sp³-hybridized carbons (Fsp3) is 0.267. The van der Waals surface area contributed by atoms with Gasteiger partial charge in [0, 0.05) is 11.8 Å². The van der Waals surface area contributed by atoms with E-state index in [0.717, 1.165) is 23.0 Å². The van der Waals surface area contributed by atoms with E-state index >= 15 is 0 Å². The van der Waals surface area contributed by atoms with Crippen molar-refractivity contribution in [1.82, 2.24) is 4.31 Å². The van der Waals surface area contributed by atoms with E-state index in [1.165, 1.54) is 10.6 Å². The van der Waals surface area contributed by atoms with Crippen molar-refractivity contribution < 1.29 is 13.2 Å². The highest BCUT2D eigenvalue weighted by molar-refractivity contribution is 7.88. The molecule has 0 saturated carbocycles. The van der Waals surface area contributed by atoms with Gasteiger partial charge in [-0.1, -0.05) is 30.3 Å². The van der Waals surface area contributed by atoms with Gasteiger partial charge in [-0.2, -0.15) is 0 Å². The summed E-state index contributed by atoms with van der Waals surface area (Å²) >= 11 is 0. The summed E-state index contributed by atoms with van der Waals surface area (Å²) in [4.78, 5) is 10.7. The second-order valence-corrected chi connectivity index (χ2v) is 6.87. The SMILES string of the molecule is CC1=CC(c2ccc(C=O)cc2)=CN(S(C)(=O)=O)C1C. The number of benzene rings is 1. The molecule has 0 fully saturated rings. The summed E-state index contributed by atoms with van der Waals surface area (Å²) in [5.41, 5.74) is 3.28. The molecule has 106 valence electrons. The number of carbonyl (C=O) groups excluding carboxylic acids is 1. The Morgan fingerprint density at radius 1 is 1.20 bits per heavy atom. The Morgan fingerprint density at radius 3 is 2.30 bits per heavy atom. The fourth-order valence-electron chi connectivity index (χ4n) is 2.15. The Kier molecular flexibility index (Phi) is 3.81. The van der Waals surface area contributed by atoms with E-state index in [9.17, 15) is 13.2 Å². The van der Waals surface area contributed by atoms with E-state index in [0.29, 0.717) is 5.56 Å². The van der Waals surface area contributed by atoms with Crippen molar-refractivity contribution >= 4 is 21.9 Å². The molecule has 0 bridgehead atoms. The van der Waals surface area contributed by atoms with Crippen LogP contribution in [0.5, 0.6) is 0 Å². The van der Waals surface area contributed by atoms with Gasteiger partial charge in [-0.3, -0.25) is 9.10 Å². The summed E-state index contributed by atoms with van der Waals surface area (Å²) in [6.07, 6.45) is 5.60. The van der Waals surface area contributed by atoms with Crippen LogP contribution >= 0.6 is 0 Å². The summed E-state index contributed by atoms with van der Waals surface area (Å²) in [6.45, 7) is 3.77. The molecule has 20 heavy (non-hydrogen) atoms. The molecule has 2 rings (SSSR count). The number of nitrogens with zero attached hydrogens (tertiary/aromatic N) is 1. The van der Waals surface area contributed by atoms with Crippen LogP contribution in [-0.2, 0) is 10.0 Å². The first kappa shape index (κ1) is 14.5. The van der Waals surface area contributed by atoms with E-state index in [2.05, 4.69) is 0 Å². The Hall–Kier alpha value is -1.88. The van der Waals surface area contributed by atoms with Gasteiger partial charge in [0.25, 0.3) is 0 Å². The molecule has 1 aliphatic heterocycles. The molecule has 1 heterocycles. The first-order valence-corrected chi connectivity index (χ1v) is 8.12. The first-order chi connectivity index (χ1) is 9.32. The summed E-state index contributed by atoms with van der Waals surface area (Å²) in [6, 6.07) is 6.89. The molecule has 1 aromatic carbocycles. The van der Waals surface area contributed by atoms with Gasteiger partial charge in [-0.05, 0) is 30.6 Å². The molecule has 0 spiro atoms. The highest BCUT2D eigenvalue weighted by Gasteiger charge is 2.25. The number of rotatable bonds is 3. The standard InChI is InChI=1S/C15H17NO3S/c1-11-8-15(9-16(12(11)2)20(3,18)19)14-6-4-13(10-17)5-7-14/h4-10,12H,1-3H3. The molecule has 5 heteroatoms. The van der Waals surface area contributed by atoms with Crippen molar-refractivity contribution in [3.63, 3.8) is 0 Å². The number of allylic oxidation sites excluding steroid dienone is 2. The van der Waals surface area contributed by atoms with E-state index in [4.69, 9.17) is 0 Å². The van der Waals surface area contributed by atoms with Crippen molar-refractivity contribution in [2.24, 2.45) is 0 Å². The van der Waals surface area contributed by atoms with Crippen LogP contribution in [-0.4, -0.2) is 31.3 Å². The molecule has 0 radical (unpaired) electrons. The molecular formula is C15H17NO3S. The average molecular weight is 291 g/mol. The van der Waals surface area contributed by atoms with E-state index in [-0.39, 0.29) is 6.04 Å². The lowest BCUT2D eigenvalue weighted by Crippen LogP contribution is -2.36. The lowest BCUT2D eigenvalue weighted by atomic mass is 9.98. The monoisotopic (exact) mass is 291 g/mol. The van der Waals surface area contributed by atoms with Crippen molar-refractivity contribution in [3.05, 3.63) is 53.2 Å². The third kappa shape index (κ3) is 2.82. The Balaban J connectivity index is 2.46. The second-order valence-electron chi connectivity index (χ2n) is 4.98. The number of hydrogen-bond acceptors (Lipinski definition) is 3. The Morgan fingerprint density at radius 2 is 1.80 bits per heavy atom. The maximum atomic E-state index is 11.8. The van der Waals surface area contributed by atoms with Crippen LogP contribution in [0.4, 0.5) is 0 Å². The van der Waals surface area contributed by atoms with Crippen molar-refractivity contribution in [3.8, 4) is 0 Å². The lowest BCUT2D eigenvalue weighted by molar-refractivity contribution is 0.112. The van der Waals surface area contributed by atoms with Gasteiger partial charge in [-0.15, -0.1) is 0 Å². The highest BCUT2D eigenvalue weighted by Crippen LogP contribution is 2.28. The number of aldehydes is 1. The van der Waals surface area contributed by atoms with Crippen LogP contribution in [0.15, 0.2) is 42.1 Å². The van der Waals surface area contributed by atoms with E-state index in [1.54, 1.807) is 18.3 Å². The minimum Gasteiger partial charge on any atom is -0.298 e. The fourth-order valence-corrected chi connectivity index (χ4v) is 3.19. The molecule has 0 aliphatic carbocycles. The molecule has 1 atom stereocenters. The molecular weight excluding hydrogens is 274 g/mol. The van der Waals surface area contributed by atoms with Gasteiger partial charge in [0.1, 0.15) is 6.29 Å². The molecule has 4 nitrogen and oxygen atoms in total. The quantitative estimate of drug-likeness (QED) is 0.804. The van der Waals surface area contributed by atoms with Crippen LogP contribution in [0.1, 0.15) is 29.8 Å². The van der Waals surface area contributed by atoms with Gasteiger partial charge >= 0.3 is 0 Å².